The molecule has 1 spiro atoms. The normalized spacial score (nSPS) is 17.4. The van der Waals surface area contributed by atoms with Crippen LogP contribution in [-0.2, 0) is 14.9 Å². The van der Waals surface area contributed by atoms with Crippen LogP contribution in [0.2, 0.25) is 0 Å². The van der Waals surface area contributed by atoms with Crippen LogP contribution in [0.15, 0.2) is 42.5 Å². The quantitative estimate of drug-likeness (QED) is 0.883. The largest absolute Gasteiger partial charge is 0.381 e. The molecule has 4 rings (SSSR count). The van der Waals surface area contributed by atoms with E-state index >= 15 is 0 Å². The fourth-order valence-corrected chi connectivity index (χ4v) is 4.06. The highest BCUT2D eigenvalue weighted by Crippen LogP contribution is 2.46. The fraction of sp³-hybridized carbons (Fsp3) is 0.333. The van der Waals surface area contributed by atoms with Gasteiger partial charge >= 0.3 is 0 Å². The molecule has 0 bridgehead atoms. The number of para-hydroxylation sites is 1. The van der Waals surface area contributed by atoms with Gasteiger partial charge in [0.25, 0.3) is 5.91 Å². The van der Waals surface area contributed by atoms with Gasteiger partial charge in [0.15, 0.2) is 0 Å². The molecule has 1 N–H and O–H groups in total. The molecule has 2 heterocycles. The summed E-state index contributed by atoms with van der Waals surface area (Å²) in [5, 5.41) is 2.44. The number of fused-ring (bicyclic) bond motifs is 2. The molecule has 146 valence electrons. The third-order valence-electron chi connectivity index (χ3n) is 5.55. The second-order valence-electron chi connectivity index (χ2n) is 7.20. The molecule has 0 unspecified atom stereocenters. The van der Waals surface area contributed by atoms with Crippen molar-refractivity contribution >= 4 is 17.5 Å². The molecule has 5 nitrogen and oxygen atoms in total. The Kier molecular flexibility index (Phi) is 4.85. The Bertz CT molecular complexity index is 926. The highest BCUT2D eigenvalue weighted by molar-refractivity contribution is 6.01. The molecule has 1 saturated heterocycles. The van der Waals surface area contributed by atoms with Crippen molar-refractivity contribution in [2.24, 2.45) is 0 Å². The van der Waals surface area contributed by atoms with Crippen molar-refractivity contribution in [1.29, 1.82) is 0 Å². The molecule has 28 heavy (non-hydrogen) atoms. The summed E-state index contributed by atoms with van der Waals surface area (Å²) in [5.74, 6) is -2.75. The van der Waals surface area contributed by atoms with Gasteiger partial charge in [-0.15, -0.1) is 0 Å². The van der Waals surface area contributed by atoms with E-state index in [9.17, 15) is 18.4 Å². The number of carbonyl (C=O) groups excluding carboxylic acids is 2. The molecule has 2 aliphatic rings. The van der Waals surface area contributed by atoms with Crippen LogP contribution in [-0.4, -0.2) is 38.1 Å². The van der Waals surface area contributed by atoms with Crippen molar-refractivity contribution in [1.82, 2.24) is 5.32 Å². The van der Waals surface area contributed by atoms with Gasteiger partial charge in [-0.05, 0) is 36.6 Å². The standard InChI is InChI=1S/C21H20F2N2O3/c22-14-5-6-15(17(23)11-14)20(27)24-12-19(26)25-13-21(7-9-28-10-8-21)16-3-1-2-4-18(16)25/h1-6,11H,7-10,12-13H2,(H,24,27). The molecule has 1 fully saturated rings. The SMILES string of the molecule is O=C(NCC(=O)N1CC2(CCOCC2)c2ccccc21)c1ccc(F)cc1F. The summed E-state index contributed by atoms with van der Waals surface area (Å²) in [5.41, 5.74) is 1.55. The Morgan fingerprint density at radius 1 is 1.11 bits per heavy atom. The molecular formula is C21H20F2N2O3. The lowest BCUT2D eigenvalue weighted by molar-refractivity contribution is -0.117. The van der Waals surface area contributed by atoms with Crippen LogP contribution >= 0.6 is 0 Å². The molecule has 0 aliphatic carbocycles. The van der Waals surface area contributed by atoms with Crippen LogP contribution in [0.1, 0.15) is 28.8 Å². The van der Waals surface area contributed by atoms with Crippen molar-refractivity contribution in [3.05, 3.63) is 65.2 Å². The lowest BCUT2D eigenvalue weighted by Crippen LogP contribution is -2.44. The number of benzene rings is 2. The summed E-state index contributed by atoms with van der Waals surface area (Å²) >= 11 is 0. The number of ether oxygens (including phenoxy) is 1. The van der Waals surface area contributed by atoms with E-state index in [1.165, 1.54) is 0 Å². The maximum absolute atomic E-state index is 13.8. The van der Waals surface area contributed by atoms with Gasteiger partial charge in [-0.2, -0.15) is 0 Å². The molecule has 0 atom stereocenters. The maximum atomic E-state index is 13.8. The fourth-order valence-electron chi connectivity index (χ4n) is 4.06. The van der Waals surface area contributed by atoms with Crippen LogP contribution in [0.4, 0.5) is 14.5 Å². The van der Waals surface area contributed by atoms with Gasteiger partial charge < -0.3 is 15.0 Å². The van der Waals surface area contributed by atoms with E-state index in [1.54, 1.807) is 4.90 Å². The topological polar surface area (TPSA) is 58.6 Å². The molecule has 2 amide bonds. The molecule has 2 aliphatic heterocycles. The van der Waals surface area contributed by atoms with Gasteiger partial charge in [-0.25, -0.2) is 8.78 Å². The van der Waals surface area contributed by atoms with Gasteiger partial charge in [-0.3, -0.25) is 9.59 Å². The number of hydrogen-bond acceptors (Lipinski definition) is 3. The van der Waals surface area contributed by atoms with Crippen molar-refractivity contribution in [3.8, 4) is 0 Å². The molecule has 0 radical (unpaired) electrons. The van der Waals surface area contributed by atoms with Gasteiger partial charge in [-0.1, -0.05) is 18.2 Å². The molecule has 2 aromatic rings. The molecule has 0 aromatic heterocycles. The van der Waals surface area contributed by atoms with Crippen LogP contribution in [0.5, 0.6) is 0 Å². The van der Waals surface area contributed by atoms with Crippen molar-refractivity contribution < 1.29 is 23.1 Å². The van der Waals surface area contributed by atoms with E-state index in [0.29, 0.717) is 25.8 Å². The summed E-state index contributed by atoms with van der Waals surface area (Å²) in [6, 6.07) is 10.5. The second-order valence-corrected chi connectivity index (χ2v) is 7.20. The third-order valence-corrected chi connectivity index (χ3v) is 5.55. The van der Waals surface area contributed by atoms with E-state index in [4.69, 9.17) is 4.74 Å². The Hall–Kier alpha value is -2.80. The van der Waals surface area contributed by atoms with Crippen molar-refractivity contribution in [3.63, 3.8) is 0 Å². The lowest BCUT2D eigenvalue weighted by Gasteiger charge is -2.34. The first kappa shape index (κ1) is 18.6. The van der Waals surface area contributed by atoms with Crippen LogP contribution < -0.4 is 10.2 Å². The van der Waals surface area contributed by atoms with Crippen LogP contribution in [0.25, 0.3) is 0 Å². The maximum Gasteiger partial charge on any atom is 0.254 e. The Morgan fingerprint density at radius 3 is 2.61 bits per heavy atom. The van der Waals surface area contributed by atoms with E-state index in [1.807, 2.05) is 24.3 Å². The van der Waals surface area contributed by atoms with Crippen LogP contribution in [0.3, 0.4) is 0 Å². The van der Waals surface area contributed by atoms with Crippen LogP contribution in [0, 0.1) is 11.6 Å². The summed E-state index contributed by atoms with van der Waals surface area (Å²) in [6.45, 7) is 1.57. The third kappa shape index (κ3) is 3.26. The van der Waals surface area contributed by atoms with Crippen molar-refractivity contribution in [2.45, 2.75) is 18.3 Å². The highest BCUT2D eigenvalue weighted by atomic mass is 19.1. The molecular weight excluding hydrogens is 366 g/mol. The second kappa shape index (κ2) is 7.31. The zero-order valence-corrected chi connectivity index (χ0v) is 15.2. The summed E-state index contributed by atoms with van der Waals surface area (Å²) in [7, 11) is 0. The van der Waals surface area contributed by atoms with Gasteiger partial charge in [0.1, 0.15) is 11.6 Å². The number of amides is 2. The number of halogens is 2. The first-order valence-electron chi connectivity index (χ1n) is 9.21. The Balaban J connectivity index is 1.49. The number of nitrogens with one attached hydrogen (secondary N) is 1. The minimum atomic E-state index is -0.961. The molecule has 7 heteroatoms. The number of nitrogens with zero attached hydrogens (tertiary/aromatic N) is 1. The predicted octanol–water partition coefficient (Wildman–Crippen LogP) is 2.79. The summed E-state index contributed by atoms with van der Waals surface area (Å²) in [6.07, 6.45) is 1.67. The Labute approximate surface area is 161 Å². The van der Waals surface area contributed by atoms with E-state index in [2.05, 4.69) is 5.32 Å². The minimum absolute atomic E-state index is 0.127. The van der Waals surface area contributed by atoms with E-state index < -0.39 is 17.5 Å². The van der Waals surface area contributed by atoms with E-state index in [0.717, 1.165) is 36.2 Å². The molecule has 2 aromatic carbocycles. The molecule has 0 saturated carbocycles. The smallest absolute Gasteiger partial charge is 0.254 e. The van der Waals surface area contributed by atoms with Crippen molar-refractivity contribution in [2.75, 3.05) is 31.2 Å². The van der Waals surface area contributed by atoms with Gasteiger partial charge in [0.05, 0.1) is 12.1 Å². The predicted molar refractivity (Wildman–Crippen MR) is 99.2 cm³/mol. The highest BCUT2D eigenvalue weighted by Gasteiger charge is 2.45. The minimum Gasteiger partial charge on any atom is -0.381 e. The van der Waals surface area contributed by atoms with Gasteiger partial charge in [0.2, 0.25) is 5.91 Å². The Morgan fingerprint density at radius 2 is 1.86 bits per heavy atom. The number of carbonyl (C=O) groups is 2. The lowest BCUT2D eigenvalue weighted by atomic mass is 9.76. The zero-order chi connectivity index (χ0) is 19.7. The number of hydrogen-bond donors (Lipinski definition) is 1. The van der Waals surface area contributed by atoms with Gasteiger partial charge in [0, 0.05) is 36.9 Å². The zero-order valence-electron chi connectivity index (χ0n) is 15.2. The monoisotopic (exact) mass is 386 g/mol. The number of rotatable bonds is 3. The first-order valence-corrected chi connectivity index (χ1v) is 9.21. The average molecular weight is 386 g/mol. The summed E-state index contributed by atoms with van der Waals surface area (Å²) in [4.78, 5) is 26.7. The number of anilines is 1. The average Bonchev–Trinajstić information content (AvgIpc) is 3.01. The summed E-state index contributed by atoms with van der Waals surface area (Å²) < 4.78 is 32.2. The van der Waals surface area contributed by atoms with E-state index in [-0.39, 0.29) is 23.4 Å². The first-order chi connectivity index (χ1) is 13.5.